The number of amides is 1. The van der Waals surface area contributed by atoms with E-state index in [1.807, 2.05) is 48.5 Å². The molecule has 0 spiro atoms. The predicted octanol–water partition coefficient (Wildman–Crippen LogP) is 2.47. The molecule has 6 nitrogen and oxygen atoms in total. The predicted molar refractivity (Wildman–Crippen MR) is 114 cm³/mol. The summed E-state index contributed by atoms with van der Waals surface area (Å²) in [5, 5.41) is 2.85. The van der Waals surface area contributed by atoms with Gasteiger partial charge in [-0.1, -0.05) is 48.5 Å². The van der Waals surface area contributed by atoms with Gasteiger partial charge in [0.25, 0.3) is 0 Å². The highest BCUT2D eigenvalue weighted by molar-refractivity contribution is 7.89. The van der Waals surface area contributed by atoms with Crippen LogP contribution in [0.5, 0.6) is 5.75 Å². The lowest BCUT2D eigenvalue weighted by Crippen LogP contribution is -2.38. The van der Waals surface area contributed by atoms with Crippen LogP contribution >= 0.6 is 0 Å². The van der Waals surface area contributed by atoms with Crippen molar-refractivity contribution in [2.45, 2.75) is 6.42 Å². The molecule has 154 valence electrons. The number of carbonyl (C=O) groups excluding carboxylic acids is 1. The first-order valence-electron chi connectivity index (χ1n) is 9.54. The van der Waals surface area contributed by atoms with Gasteiger partial charge in [-0.25, -0.2) is 8.42 Å². The number of methoxy groups -OCH3 is 1. The molecule has 1 heterocycles. The number of hydrogen-bond donors (Lipinski definition) is 1. The first kappa shape index (κ1) is 21.1. The van der Waals surface area contributed by atoms with Gasteiger partial charge < -0.3 is 10.1 Å². The number of nitrogens with one attached hydrogen (secondary N) is 1. The second kappa shape index (κ2) is 9.24. The van der Waals surface area contributed by atoms with E-state index >= 15 is 0 Å². The van der Waals surface area contributed by atoms with Crippen LogP contribution < -0.4 is 10.1 Å². The van der Waals surface area contributed by atoms with Gasteiger partial charge in [0.1, 0.15) is 5.75 Å². The fraction of sp³-hybridized carbons (Fsp3) is 0.318. The SMILES string of the molecule is C=CCS(=O)(=O)N1CCNC(=O)C(Cc2ccccc2-c2ccccc2OC)C1. The fourth-order valence-corrected chi connectivity index (χ4v) is 4.91. The quantitative estimate of drug-likeness (QED) is 0.707. The number of sulfonamides is 1. The van der Waals surface area contributed by atoms with Crippen LogP contribution in [0.15, 0.2) is 61.2 Å². The molecule has 1 N–H and O–H groups in total. The Kier molecular flexibility index (Phi) is 6.71. The van der Waals surface area contributed by atoms with Crippen molar-refractivity contribution in [3.05, 3.63) is 66.7 Å². The highest BCUT2D eigenvalue weighted by Crippen LogP contribution is 2.33. The van der Waals surface area contributed by atoms with Gasteiger partial charge in [0, 0.05) is 25.2 Å². The molecule has 2 aromatic carbocycles. The van der Waals surface area contributed by atoms with Gasteiger partial charge in [-0.05, 0) is 23.6 Å². The summed E-state index contributed by atoms with van der Waals surface area (Å²) < 4.78 is 31.9. The van der Waals surface area contributed by atoms with Crippen LogP contribution in [-0.4, -0.2) is 51.1 Å². The molecule has 3 rings (SSSR count). The van der Waals surface area contributed by atoms with E-state index in [0.717, 1.165) is 22.4 Å². The van der Waals surface area contributed by atoms with Crippen LogP contribution in [0, 0.1) is 5.92 Å². The molecule has 1 amide bonds. The van der Waals surface area contributed by atoms with Gasteiger partial charge in [-0.3, -0.25) is 4.79 Å². The Morgan fingerprint density at radius 1 is 1.17 bits per heavy atom. The normalized spacial score (nSPS) is 18.0. The number of ether oxygens (including phenoxy) is 1. The minimum absolute atomic E-state index is 0.129. The van der Waals surface area contributed by atoms with Crippen LogP contribution in [0.4, 0.5) is 0 Å². The third-order valence-electron chi connectivity index (χ3n) is 5.06. The Balaban J connectivity index is 1.92. The Hall–Kier alpha value is -2.64. The summed E-state index contributed by atoms with van der Waals surface area (Å²) in [5.41, 5.74) is 2.89. The van der Waals surface area contributed by atoms with Crippen molar-refractivity contribution in [3.8, 4) is 16.9 Å². The van der Waals surface area contributed by atoms with Crippen molar-refractivity contribution < 1.29 is 17.9 Å². The molecule has 1 aliphatic heterocycles. The molecule has 1 atom stereocenters. The molecule has 0 aliphatic carbocycles. The van der Waals surface area contributed by atoms with Crippen LogP contribution in [0.25, 0.3) is 11.1 Å². The van der Waals surface area contributed by atoms with Gasteiger partial charge >= 0.3 is 0 Å². The van der Waals surface area contributed by atoms with Crippen LogP contribution in [0.2, 0.25) is 0 Å². The monoisotopic (exact) mass is 414 g/mol. The molecule has 1 saturated heterocycles. The van der Waals surface area contributed by atoms with Crippen molar-refractivity contribution >= 4 is 15.9 Å². The second-order valence-electron chi connectivity index (χ2n) is 6.97. The molecule has 0 aromatic heterocycles. The second-order valence-corrected chi connectivity index (χ2v) is 8.99. The lowest BCUT2D eigenvalue weighted by atomic mass is 9.91. The van der Waals surface area contributed by atoms with Crippen molar-refractivity contribution in [1.82, 2.24) is 9.62 Å². The van der Waals surface area contributed by atoms with E-state index in [9.17, 15) is 13.2 Å². The fourth-order valence-electron chi connectivity index (χ4n) is 3.63. The number of benzene rings is 2. The highest BCUT2D eigenvalue weighted by Gasteiger charge is 2.31. The van der Waals surface area contributed by atoms with E-state index in [0.29, 0.717) is 13.0 Å². The smallest absolute Gasteiger partial charge is 0.224 e. The Bertz CT molecular complexity index is 988. The van der Waals surface area contributed by atoms with Gasteiger partial charge in [0.15, 0.2) is 0 Å². The average molecular weight is 415 g/mol. The van der Waals surface area contributed by atoms with Crippen molar-refractivity contribution in [2.24, 2.45) is 5.92 Å². The maximum absolute atomic E-state index is 12.6. The molecule has 1 aliphatic rings. The number of rotatable bonds is 7. The number of nitrogens with zero attached hydrogens (tertiary/aromatic N) is 1. The summed E-state index contributed by atoms with van der Waals surface area (Å²) in [4.78, 5) is 12.6. The van der Waals surface area contributed by atoms with E-state index in [1.165, 1.54) is 10.4 Å². The van der Waals surface area contributed by atoms with Crippen molar-refractivity contribution in [2.75, 3.05) is 32.5 Å². The topological polar surface area (TPSA) is 75.7 Å². The zero-order chi connectivity index (χ0) is 20.9. The third kappa shape index (κ3) is 4.86. The first-order chi connectivity index (χ1) is 14.0. The zero-order valence-electron chi connectivity index (χ0n) is 16.5. The first-order valence-corrected chi connectivity index (χ1v) is 11.1. The minimum Gasteiger partial charge on any atom is -0.496 e. The molecular formula is C22H26N2O4S. The zero-order valence-corrected chi connectivity index (χ0v) is 17.3. The summed E-state index contributed by atoms with van der Waals surface area (Å²) in [6.45, 7) is 4.26. The van der Waals surface area contributed by atoms with Gasteiger partial charge in [0.05, 0.1) is 18.8 Å². The van der Waals surface area contributed by atoms with E-state index in [4.69, 9.17) is 4.74 Å². The van der Waals surface area contributed by atoms with Crippen LogP contribution in [-0.2, 0) is 21.2 Å². The number of para-hydroxylation sites is 1. The summed E-state index contributed by atoms with van der Waals surface area (Å²) in [6, 6.07) is 15.6. The van der Waals surface area contributed by atoms with Gasteiger partial charge in [0.2, 0.25) is 15.9 Å². The molecule has 0 saturated carbocycles. The Morgan fingerprint density at radius 3 is 2.59 bits per heavy atom. The maximum atomic E-state index is 12.6. The lowest BCUT2D eigenvalue weighted by molar-refractivity contribution is -0.124. The average Bonchev–Trinajstić information content (AvgIpc) is 2.90. The van der Waals surface area contributed by atoms with E-state index < -0.39 is 15.9 Å². The Labute approximate surface area is 172 Å². The Morgan fingerprint density at radius 2 is 1.86 bits per heavy atom. The van der Waals surface area contributed by atoms with Crippen molar-refractivity contribution in [1.29, 1.82) is 0 Å². The number of hydrogen-bond acceptors (Lipinski definition) is 4. The maximum Gasteiger partial charge on any atom is 0.224 e. The molecule has 0 bridgehead atoms. The molecule has 7 heteroatoms. The molecule has 2 aromatic rings. The molecule has 0 radical (unpaired) electrons. The van der Waals surface area contributed by atoms with E-state index in [-0.39, 0.29) is 24.7 Å². The lowest BCUT2D eigenvalue weighted by Gasteiger charge is -2.23. The molecule has 29 heavy (non-hydrogen) atoms. The van der Waals surface area contributed by atoms with E-state index in [1.54, 1.807) is 7.11 Å². The summed E-state index contributed by atoms with van der Waals surface area (Å²) in [7, 11) is -1.85. The van der Waals surface area contributed by atoms with Gasteiger partial charge in [-0.15, -0.1) is 6.58 Å². The molecule has 1 unspecified atom stereocenters. The third-order valence-corrected chi connectivity index (χ3v) is 6.83. The van der Waals surface area contributed by atoms with Gasteiger partial charge in [-0.2, -0.15) is 4.31 Å². The van der Waals surface area contributed by atoms with E-state index in [2.05, 4.69) is 11.9 Å². The molecular weight excluding hydrogens is 388 g/mol. The number of carbonyl (C=O) groups is 1. The summed E-state index contributed by atoms with van der Waals surface area (Å²) in [5.74, 6) is 0.00987. The summed E-state index contributed by atoms with van der Waals surface area (Å²) in [6.07, 6.45) is 1.81. The van der Waals surface area contributed by atoms with Crippen LogP contribution in [0.3, 0.4) is 0 Å². The summed E-state index contributed by atoms with van der Waals surface area (Å²) >= 11 is 0. The minimum atomic E-state index is -3.48. The van der Waals surface area contributed by atoms with Crippen LogP contribution in [0.1, 0.15) is 5.56 Å². The largest absolute Gasteiger partial charge is 0.496 e. The standard InChI is InChI=1S/C22H26N2O4S/c1-3-14-29(26,27)24-13-12-23-22(25)18(16-24)15-17-8-4-5-9-19(17)20-10-6-7-11-21(20)28-2/h3-11,18H,1,12-16H2,2H3,(H,23,25). The van der Waals surface area contributed by atoms with Crippen molar-refractivity contribution in [3.63, 3.8) is 0 Å². The molecule has 1 fully saturated rings. The highest BCUT2D eigenvalue weighted by atomic mass is 32.2.